The van der Waals surface area contributed by atoms with Gasteiger partial charge in [0.2, 0.25) is 0 Å². The van der Waals surface area contributed by atoms with Gasteiger partial charge in [-0.25, -0.2) is 0 Å². The molecule has 1 aromatic carbocycles. The van der Waals surface area contributed by atoms with E-state index in [1.165, 1.54) is 0 Å². The first-order valence-corrected chi connectivity index (χ1v) is 4.18. The summed E-state index contributed by atoms with van der Waals surface area (Å²) >= 11 is 0. The molecule has 0 aromatic heterocycles. The molecule has 0 saturated carbocycles. The zero-order valence-electron chi connectivity index (χ0n) is 7.14. The van der Waals surface area contributed by atoms with Crippen LogP contribution in [0.2, 0.25) is 0 Å². The first-order valence-electron chi connectivity index (χ1n) is 4.18. The minimum Gasteiger partial charge on any atom is -0.256 e. The third-order valence-electron chi connectivity index (χ3n) is 1.79. The molecule has 0 atom stereocenters. The smallest absolute Gasteiger partial charge is 0.0708 e. The predicted octanol–water partition coefficient (Wildman–Crippen LogP) is 2.82. The predicted molar refractivity (Wildman–Crippen MR) is 55.6 cm³/mol. The molecule has 0 amide bonds. The fourth-order valence-corrected chi connectivity index (χ4v) is 1.17. The van der Waals surface area contributed by atoms with Crippen LogP contribution in [-0.2, 0) is 0 Å². The van der Waals surface area contributed by atoms with Gasteiger partial charge in [0.15, 0.2) is 0 Å². The molecule has 1 heterocycles. The lowest BCUT2D eigenvalue weighted by Gasteiger charge is -1.98. The molecule has 2 rings (SSSR count). The van der Waals surface area contributed by atoms with Crippen molar-refractivity contribution in [2.24, 2.45) is 4.99 Å². The molecular formula is C12H9N. The van der Waals surface area contributed by atoms with Crippen molar-refractivity contribution < 1.29 is 0 Å². The summed E-state index contributed by atoms with van der Waals surface area (Å²) in [5.41, 5.74) is 5.08. The molecule has 0 fully saturated rings. The molecule has 0 N–H and O–H groups in total. The summed E-state index contributed by atoms with van der Waals surface area (Å²) in [5.74, 6) is 0. The summed E-state index contributed by atoms with van der Waals surface area (Å²) < 4.78 is 0. The molecule has 0 radical (unpaired) electrons. The Balaban J connectivity index is 2.39. The van der Waals surface area contributed by atoms with Crippen LogP contribution >= 0.6 is 0 Å². The zero-order valence-corrected chi connectivity index (χ0v) is 7.14. The van der Waals surface area contributed by atoms with Gasteiger partial charge in [-0.2, -0.15) is 0 Å². The van der Waals surface area contributed by atoms with E-state index in [9.17, 15) is 0 Å². The number of hydrogen-bond donors (Lipinski definition) is 0. The van der Waals surface area contributed by atoms with Crippen LogP contribution in [0.1, 0.15) is 5.56 Å². The highest BCUT2D eigenvalue weighted by Crippen LogP contribution is 2.15. The van der Waals surface area contributed by atoms with E-state index in [-0.39, 0.29) is 0 Å². The summed E-state index contributed by atoms with van der Waals surface area (Å²) in [6, 6.07) is 10.1. The maximum Gasteiger partial charge on any atom is 0.0708 e. The van der Waals surface area contributed by atoms with Gasteiger partial charge in [0.05, 0.1) is 5.70 Å². The number of rotatable bonds is 1. The molecule has 0 bridgehead atoms. The Bertz CT molecular complexity index is 404. The topological polar surface area (TPSA) is 12.4 Å². The number of benzene rings is 1. The molecule has 62 valence electrons. The van der Waals surface area contributed by atoms with Gasteiger partial charge in [-0.3, -0.25) is 4.99 Å². The summed E-state index contributed by atoms with van der Waals surface area (Å²) in [7, 11) is 0. The number of aliphatic imine (C=N–C) groups is 1. The maximum absolute atomic E-state index is 4.28. The van der Waals surface area contributed by atoms with Gasteiger partial charge in [0.25, 0.3) is 0 Å². The van der Waals surface area contributed by atoms with Crippen LogP contribution in [0.15, 0.2) is 59.3 Å². The molecular weight excluding hydrogens is 158 g/mol. The second-order valence-electron chi connectivity index (χ2n) is 2.70. The van der Waals surface area contributed by atoms with Crippen LogP contribution in [0.25, 0.3) is 5.70 Å². The summed E-state index contributed by atoms with van der Waals surface area (Å²) in [4.78, 5) is 4.28. The van der Waals surface area contributed by atoms with Crippen LogP contribution in [0, 0.1) is 0 Å². The third kappa shape index (κ3) is 1.84. The molecule has 1 aliphatic heterocycles. The summed E-state index contributed by atoms with van der Waals surface area (Å²) in [6.45, 7) is 0. The van der Waals surface area contributed by atoms with Crippen molar-refractivity contribution in [1.82, 2.24) is 0 Å². The fourth-order valence-electron chi connectivity index (χ4n) is 1.17. The minimum absolute atomic E-state index is 0.974. The summed E-state index contributed by atoms with van der Waals surface area (Å²) in [6.07, 6.45) is 7.37. The molecule has 1 aliphatic rings. The van der Waals surface area contributed by atoms with E-state index in [0.717, 1.165) is 11.3 Å². The van der Waals surface area contributed by atoms with Gasteiger partial charge < -0.3 is 0 Å². The Labute approximate surface area is 77.4 Å². The highest BCUT2D eigenvalue weighted by Gasteiger charge is 1.96. The molecule has 1 nitrogen and oxygen atoms in total. The third-order valence-corrected chi connectivity index (χ3v) is 1.79. The van der Waals surface area contributed by atoms with Crippen LogP contribution < -0.4 is 0 Å². The fraction of sp³-hybridized carbons (Fsp3) is 0. The minimum atomic E-state index is 0.974. The molecule has 1 heteroatoms. The van der Waals surface area contributed by atoms with E-state index in [0.29, 0.717) is 0 Å². The van der Waals surface area contributed by atoms with Crippen molar-refractivity contribution in [3.63, 3.8) is 0 Å². The highest BCUT2D eigenvalue weighted by atomic mass is 14.7. The lowest BCUT2D eigenvalue weighted by atomic mass is 10.1. The Hall–Kier alpha value is -1.85. The van der Waals surface area contributed by atoms with Crippen molar-refractivity contribution in [3.05, 3.63) is 59.9 Å². The SMILES string of the molecule is C1=CC=NC(c2ccccc2)=CC=1. The Morgan fingerprint density at radius 2 is 1.85 bits per heavy atom. The molecule has 1 aromatic rings. The first-order chi connectivity index (χ1) is 6.47. The van der Waals surface area contributed by atoms with Crippen molar-refractivity contribution in [1.29, 1.82) is 0 Å². The second-order valence-corrected chi connectivity index (χ2v) is 2.70. The van der Waals surface area contributed by atoms with Crippen molar-refractivity contribution in [2.75, 3.05) is 0 Å². The van der Waals surface area contributed by atoms with E-state index >= 15 is 0 Å². The highest BCUT2D eigenvalue weighted by molar-refractivity contribution is 5.81. The van der Waals surface area contributed by atoms with Crippen LogP contribution in [0.5, 0.6) is 0 Å². The van der Waals surface area contributed by atoms with Crippen LogP contribution in [0.4, 0.5) is 0 Å². The van der Waals surface area contributed by atoms with Gasteiger partial charge in [0, 0.05) is 11.8 Å². The van der Waals surface area contributed by atoms with Gasteiger partial charge in [-0.1, -0.05) is 30.3 Å². The average molecular weight is 167 g/mol. The number of hydrogen-bond acceptors (Lipinski definition) is 1. The Morgan fingerprint density at radius 1 is 1.00 bits per heavy atom. The van der Waals surface area contributed by atoms with E-state index in [1.807, 2.05) is 42.5 Å². The molecule has 13 heavy (non-hydrogen) atoms. The zero-order chi connectivity index (χ0) is 8.93. The lowest BCUT2D eigenvalue weighted by molar-refractivity contribution is 1.52. The van der Waals surface area contributed by atoms with Crippen LogP contribution in [0.3, 0.4) is 0 Å². The van der Waals surface area contributed by atoms with E-state index < -0.39 is 0 Å². The van der Waals surface area contributed by atoms with Crippen LogP contribution in [-0.4, -0.2) is 6.21 Å². The van der Waals surface area contributed by atoms with Crippen molar-refractivity contribution in [3.8, 4) is 0 Å². The van der Waals surface area contributed by atoms with Gasteiger partial charge in [-0.05, 0) is 18.2 Å². The maximum atomic E-state index is 4.28. The Morgan fingerprint density at radius 3 is 2.69 bits per heavy atom. The van der Waals surface area contributed by atoms with Gasteiger partial charge >= 0.3 is 0 Å². The van der Waals surface area contributed by atoms with Crippen molar-refractivity contribution in [2.45, 2.75) is 0 Å². The number of nitrogens with zero attached hydrogens (tertiary/aromatic N) is 1. The van der Waals surface area contributed by atoms with Gasteiger partial charge in [0.1, 0.15) is 0 Å². The largest absolute Gasteiger partial charge is 0.256 e. The quantitative estimate of drug-likeness (QED) is 0.570. The van der Waals surface area contributed by atoms with E-state index in [1.54, 1.807) is 12.3 Å². The second kappa shape index (κ2) is 3.70. The molecule has 0 aliphatic carbocycles. The Kier molecular flexibility index (Phi) is 2.22. The molecule has 0 spiro atoms. The van der Waals surface area contributed by atoms with Gasteiger partial charge in [-0.15, -0.1) is 5.73 Å². The average Bonchev–Trinajstić information content (AvgIpc) is 2.47. The first kappa shape index (κ1) is 7.78. The van der Waals surface area contributed by atoms with E-state index in [2.05, 4.69) is 10.7 Å². The number of allylic oxidation sites excluding steroid dienone is 2. The normalized spacial score (nSPS) is 14.0. The molecule has 0 unspecified atom stereocenters. The monoisotopic (exact) mass is 167 g/mol. The van der Waals surface area contributed by atoms with Crippen molar-refractivity contribution >= 4 is 11.9 Å². The standard InChI is InChI=1S/C12H9N/c1-3-7-11(8-4-1)12-9-5-2-6-10-13-12/h1,3-10H. The van der Waals surface area contributed by atoms with E-state index in [4.69, 9.17) is 0 Å². The lowest BCUT2D eigenvalue weighted by Crippen LogP contribution is -1.79. The summed E-state index contributed by atoms with van der Waals surface area (Å²) in [5, 5.41) is 0. The molecule has 0 saturated heterocycles.